The SMILES string of the molecule is CN(C)[C@@H]1CCN(CC2CC2)[C@H]1Cc1cccnc1. The summed E-state index contributed by atoms with van der Waals surface area (Å²) in [6.07, 6.45) is 9.24. The summed E-state index contributed by atoms with van der Waals surface area (Å²) in [6.45, 7) is 2.58. The molecule has 0 unspecified atom stereocenters. The minimum atomic E-state index is 0.666. The van der Waals surface area contributed by atoms with Crippen molar-refractivity contribution in [3.63, 3.8) is 0 Å². The van der Waals surface area contributed by atoms with Gasteiger partial charge in [-0.05, 0) is 57.3 Å². The monoisotopic (exact) mass is 259 g/mol. The van der Waals surface area contributed by atoms with E-state index in [1.807, 2.05) is 12.4 Å². The summed E-state index contributed by atoms with van der Waals surface area (Å²) in [7, 11) is 4.45. The molecule has 2 aliphatic rings. The summed E-state index contributed by atoms with van der Waals surface area (Å²) in [6, 6.07) is 5.63. The first-order valence-electron chi connectivity index (χ1n) is 7.53. The third-order valence-electron chi connectivity index (χ3n) is 4.65. The summed E-state index contributed by atoms with van der Waals surface area (Å²) >= 11 is 0. The fourth-order valence-corrected chi connectivity index (χ4v) is 3.39. The molecule has 1 aliphatic heterocycles. The number of hydrogen-bond donors (Lipinski definition) is 0. The van der Waals surface area contributed by atoms with Gasteiger partial charge in [0.15, 0.2) is 0 Å². The zero-order chi connectivity index (χ0) is 13.2. The number of aromatic nitrogens is 1. The Morgan fingerprint density at radius 3 is 2.79 bits per heavy atom. The Kier molecular flexibility index (Phi) is 3.85. The lowest BCUT2D eigenvalue weighted by molar-refractivity contribution is 0.178. The van der Waals surface area contributed by atoms with Crippen LogP contribution in [0.1, 0.15) is 24.8 Å². The molecule has 0 radical (unpaired) electrons. The number of nitrogens with zero attached hydrogens (tertiary/aromatic N) is 3. The fourth-order valence-electron chi connectivity index (χ4n) is 3.39. The molecule has 2 fully saturated rings. The Labute approximate surface area is 116 Å². The molecule has 3 rings (SSSR count). The second-order valence-electron chi connectivity index (χ2n) is 6.39. The van der Waals surface area contributed by atoms with E-state index >= 15 is 0 Å². The van der Waals surface area contributed by atoms with Gasteiger partial charge >= 0.3 is 0 Å². The van der Waals surface area contributed by atoms with Gasteiger partial charge < -0.3 is 4.90 Å². The van der Waals surface area contributed by atoms with Crippen LogP contribution in [0.15, 0.2) is 24.5 Å². The quantitative estimate of drug-likeness (QED) is 0.806. The van der Waals surface area contributed by atoms with Crippen LogP contribution < -0.4 is 0 Å². The molecule has 0 bridgehead atoms. The predicted molar refractivity (Wildman–Crippen MR) is 78.1 cm³/mol. The molecule has 1 saturated carbocycles. The van der Waals surface area contributed by atoms with Gasteiger partial charge in [0.05, 0.1) is 0 Å². The minimum absolute atomic E-state index is 0.666. The Hall–Kier alpha value is -0.930. The number of pyridine rings is 1. The van der Waals surface area contributed by atoms with Crippen LogP contribution in [0.25, 0.3) is 0 Å². The van der Waals surface area contributed by atoms with E-state index in [4.69, 9.17) is 0 Å². The van der Waals surface area contributed by atoms with Crippen LogP contribution in [0.4, 0.5) is 0 Å². The number of likely N-dealkylation sites (tertiary alicyclic amines) is 1. The van der Waals surface area contributed by atoms with Crippen molar-refractivity contribution in [1.29, 1.82) is 0 Å². The lowest BCUT2D eigenvalue weighted by Gasteiger charge is -2.31. The molecule has 0 N–H and O–H groups in total. The highest BCUT2D eigenvalue weighted by Gasteiger charge is 2.37. The largest absolute Gasteiger partial charge is 0.305 e. The topological polar surface area (TPSA) is 19.4 Å². The van der Waals surface area contributed by atoms with Crippen molar-refractivity contribution < 1.29 is 0 Å². The van der Waals surface area contributed by atoms with E-state index in [-0.39, 0.29) is 0 Å². The lowest BCUT2D eigenvalue weighted by Crippen LogP contribution is -2.44. The Morgan fingerprint density at radius 1 is 1.32 bits per heavy atom. The van der Waals surface area contributed by atoms with E-state index in [9.17, 15) is 0 Å². The molecule has 1 aliphatic carbocycles. The summed E-state index contributed by atoms with van der Waals surface area (Å²) in [5, 5.41) is 0. The van der Waals surface area contributed by atoms with E-state index in [0.29, 0.717) is 12.1 Å². The molecule has 0 amide bonds. The van der Waals surface area contributed by atoms with Crippen LogP contribution in [0, 0.1) is 5.92 Å². The molecule has 2 atom stereocenters. The van der Waals surface area contributed by atoms with Gasteiger partial charge in [-0.3, -0.25) is 9.88 Å². The maximum atomic E-state index is 4.26. The third kappa shape index (κ3) is 3.15. The van der Waals surface area contributed by atoms with Gasteiger partial charge in [0.1, 0.15) is 0 Å². The maximum absolute atomic E-state index is 4.26. The molecule has 1 saturated heterocycles. The highest BCUT2D eigenvalue weighted by Crippen LogP contribution is 2.33. The highest BCUT2D eigenvalue weighted by molar-refractivity contribution is 5.12. The highest BCUT2D eigenvalue weighted by atomic mass is 15.3. The van der Waals surface area contributed by atoms with Gasteiger partial charge in [-0.1, -0.05) is 6.07 Å². The third-order valence-corrected chi connectivity index (χ3v) is 4.65. The standard InChI is InChI=1S/C16H25N3/c1-18(2)15-7-9-19(12-13-5-6-13)16(15)10-14-4-3-8-17-11-14/h3-4,8,11,13,15-16H,5-7,9-10,12H2,1-2H3/t15-,16+/m1/s1. The van der Waals surface area contributed by atoms with E-state index in [1.54, 1.807) is 0 Å². The lowest BCUT2D eigenvalue weighted by atomic mass is 10.0. The molecule has 1 aromatic heterocycles. The van der Waals surface area contributed by atoms with E-state index in [1.165, 1.54) is 37.9 Å². The van der Waals surface area contributed by atoms with Crippen molar-refractivity contribution in [2.24, 2.45) is 5.92 Å². The Morgan fingerprint density at radius 2 is 2.16 bits per heavy atom. The van der Waals surface area contributed by atoms with Crippen LogP contribution in [0.3, 0.4) is 0 Å². The average Bonchev–Trinajstić information content (AvgIpc) is 3.13. The Balaban J connectivity index is 1.71. The number of hydrogen-bond acceptors (Lipinski definition) is 3. The van der Waals surface area contributed by atoms with Crippen molar-refractivity contribution in [3.8, 4) is 0 Å². The summed E-state index contributed by atoms with van der Waals surface area (Å²) < 4.78 is 0. The maximum Gasteiger partial charge on any atom is 0.0300 e. The van der Waals surface area contributed by atoms with Gasteiger partial charge in [0.2, 0.25) is 0 Å². The first-order valence-corrected chi connectivity index (χ1v) is 7.53. The Bertz CT molecular complexity index is 400. The van der Waals surface area contributed by atoms with E-state index < -0.39 is 0 Å². The van der Waals surface area contributed by atoms with Crippen molar-refractivity contribution in [1.82, 2.24) is 14.8 Å². The van der Waals surface area contributed by atoms with Crippen LogP contribution in [0.5, 0.6) is 0 Å². The van der Waals surface area contributed by atoms with Gasteiger partial charge in [-0.15, -0.1) is 0 Å². The second-order valence-corrected chi connectivity index (χ2v) is 6.39. The summed E-state index contributed by atoms with van der Waals surface area (Å²) in [5.74, 6) is 0.984. The first-order chi connectivity index (χ1) is 9.24. The van der Waals surface area contributed by atoms with Crippen molar-refractivity contribution >= 4 is 0 Å². The molecule has 3 heteroatoms. The van der Waals surface area contributed by atoms with Crippen molar-refractivity contribution in [2.45, 2.75) is 37.8 Å². The minimum Gasteiger partial charge on any atom is -0.305 e. The summed E-state index contributed by atoms with van der Waals surface area (Å²) in [5.41, 5.74) is 1.38. The van der Waals surface area contributed by atoms with Gasteiger partial charge in [-0.2, -0.15) is 0 Å². The van der Waals surface area contributed by atoms with Crippen LogP contribution in [-0.2, 0) is 6.42 Å². The smallest absolute Gasteiger partial charge is 0.0300 e. The van der Waals surface area contributed by atoms with Crippen LogP contribution in [-0.4, -0.2) is 54.1 Å². The van der Waals surface area contributed by atoms with E-state index in [2.05, 4.69) is 41.0 Å². The predicted octanol–water partition coefficient (Wildman–Crippen LogP) is 2.04. The van der Waals surface area contributed by atoms with Crippen LogP contribution >= 0.6 is 0 Å². The van der Waals surface area contributed by atoms with Crippen LogP contribution in [0.2, 0.25) is 0 Å². The van der Waals surface area contributed by atoms with Crippen molar-refractivity contribution in [2.75, 3.05) is 27.2 Å². The molecule has 2 heterocycles. The zero-order valence-electron chi connectivity index (χ0n) is 12.1. The zero-order valence-corrected chi connectivity index (χ0v) is 12.1. The summed E-state index contributed by atoms with van der Waals surface area (Å²) in [4.78, 5) is 9.40. The van der Waals surface area contributed by atoms with Gasteiger partial charge in [0, 0.05) is 37.6 Å². The molecule has 104 valence electrons. The van der Waals surface area contributed by atoms with Crippen molar-refractivity contribution in [3.05, 3.63) is 30.1 Å². The molecule has 19 heavy (non-hydrogen) atoms. The second kappa shape index (κ2) is 5.59. The number of likely N-dealkylation sites (N-methyl/N-ethyl adjacent to an activating group) is 1. The molecular weight excluding hydrogens is 234 g/mol. The molecule has 1 aromatic rings. The van der Waals surface area contributed by atoms with Gasteiger partial charge in [0.25, 0.3) is 0 Å². The molecule has 3 nitrogen and oxygen atoms in total. The fraction of sp³-hybridized carbons (Fsp3) is 0.688. The molecular formula is C16H25N3. The van der Waals surface area contributed by atoms with E-state index in [0.717, 1.165) is 12.3 Å². The average molecular weight is 259 g/mol. The normalized spacial score (nSPS) is 28.2. The molecule has 0 spiro atoms. The van der Waals surface area contributed by atoms with Gasteiger partial charge in [-0.25, -0.2) is 0 Å². The number of rotatable bonds is 5. The first kappa shape index (κ1) is 13.1. The molecule has 0 aromatic carbocycles.